The highest BCUT2D eigenvalue weighted by molar-refractivity contribution is 5.96. The van der Waals surface area contributed by atoms with Crippen LogP contribution in [0.2, 0.25) is 0 Å². The molecule has 2 nitrogen and oxygen atoms in total. The zero-order valence-corrected chi connectivity index (χ0v) is 10.2. The second-order valence-corrected chi connectivity index (χ2v) is 4.42. The Kier molecular flexibility index (Phi) is 5.20. The van der Waals surface area contributed by atoms with E-state index >= 15 is 0 Å². The Balaban J connectivity index is 2.63. The van der Waals surface area contributed by atoms with E-state index in [0.29, 0.717) is 13.0 Å². The van der Waals surface area contributed by atoms with Crippen molar-refractivity contribution in [3.8, 4) is 0 Å². The third-order valence-electron chi connectivity index (χ3n) is 2.75. The molecule has 1 unspecified atom stereocenters. The number of carbonyl (C=O) groups is 1. The fourth-order valence-electron chi connectivity index (χ4n) is 1.66. The van der Waals surface area contributed by atoms with E-state index in [0.717, 1.165) is 18.4 Å². The van der Waals surface area contributed by atoms with Crippen molar-refractivity contribution < 1.29 is 4.79 Å². The quantitative estimate of drug-likeness (QED) is 0.748. The summed E-state index contributed by atoms with van der Waals surface area (Å²) in [5.74, 6) is 0.462. The molecule has 2 N–H and O–H groups in total. The number of nitrogens with two attached hydrogens (primary N) is 1. The molecule has 88 valence electrons. The number of benzene rings is 1. The van der Waals surface area contributed by atoms with Crippen LogP contribution in [0.3, 0.4) is 0 Å². The zero-order valence-electron chi connectivity index (χ0n) is 10.2. The summed E-state index contributed by atoms with van der Waals surface area (Å²) in [5, 5.41) is 0. The Bertz CT molecular complexity index is 329. The zero-order chi connectivity index (χ0) is 12.0. The highest BCUT2D eigenvalue weighted by Gasteiger charge is 2.09. The van der Waals surface area contributed by atoms with E-state index in [1.54, 1.807) is 0 Å². The van der Waals surface area contributed by atoms with Crippen molar-refractivity contribution in [1.82, 2.24) is 0 Å². The first-order valence-electron chi connectivity index (χ1n) is 5.99. The average Bonchev–Trinajstić information content (AvgIpc) is 2.30. The number of hydrogen-bond donors (Lipinski definition) is 1. The molecule has 0 aliphatic carbocycles. The van der Waals surface area contributed by atoms with Crippen molar-refractivity contribution >= 4 is 5.78 Å². The molecule has 1 aromatic carbocycles. The maximum Gasteiger partial charge on any atom is 0.163 e. The first-order valence-corrected chi connectivity index (χ1v) is 5.99. The lowest BCUT2D eigenvalue weighted by molar-refractivity contribution is 0.0966. The summed E-state index contributed by atoms with van der Waals surface area (Å²) in [4.78, 5) is 11.8. The molecular formula is C14H21NO. The minimum absolute atomic E-state index is 0.195. The minimum Gasteiger partial charge on any atom is -0.330 e. The molecule has 1 rings (SSSR count). The fraction of sp³-hybridized carbons (Fsp3) is 0.500. The van der Waals surface area contributed by atoms with Gasteiger partial charge in [0.25, 0.3) is 0 Å². The summed E-state index contributed by atoms with van der Waals surface area (Å²) in [6.45, 7) is 4.73. The molecule has 0 fully saturated rings. The Hall–Kier alpha value is -1.15. The standard InChI is InChI=1S/C14H21NO/c1-3-4-12-5-7-13(8-6-12)14(16)9-11(2)10-15/h5-8,11H,3-4,9-10,15H2,1-2H3. The number of ketones is 1. The van der Waals surface area contributed by atoms with E-state index in [1.165, 1.54) is 5.56 Å². The summed E-state index contributed by atoms with van der Waals surface area (Å²) in [7, 11) is 0. The number of aryl methyl sites for hydroxylation is 1. The van der Waals surface area contributed by atoms with Crippen LogP contribution in [0.4, 0.5) is 0 Å². The van der Waals surface area contributed by atoms with E-state index in [9.17, 15) is 4.79 Å². The van der Waals surface area contributed by atoms with Crippen LogP contribution in [-0.4, -0.2) is 12.3 Å². The number of hydrogen-bond acceptors (Lipinski definition) is 2. The molecule has 0 aromatic heterocycles. The van der Waals surface area contributed by atoms with E-state index in [2.05, 4.69) is 6.92 Å². The Morgan fingerprint density at radius 3 is 2.44 bits per heavy atom. The highest BCUT2D eigenvalue weighted by atomic mass is 16.1. The number of carbonyl (C=O) groups excluding carboxylic acids is 1. The number of Topliss-reactive ketones (excluding diaryl/α,β-unsaturated/α-hetero) is 1. The third kappa shape index (κ3) is 3.78. The van der Waals surface area contributed by atoms with Gasteiger partial charge in [-0.1, -0.05) is 44.5 Å². The molecule has 16 heavy (non-hydrogen) atoms. The number of rotatable bonds is 6. The largest absolute Gasteiger partial charge is 0.330 e. The van der Waals surface area contributed by atoms with Gasteiger partial charge in [-0.25, -0.2) is 0 Å². The van der Waals surface area contributed by atoms with Gasteiger partial charge in [-0.05, 0) is 24.4 Å². The lowest BCUT2D eigenvalue weighted by Crippen LogP contribution is -2.15. The van der Waals surface area contributed by atoms with Gasteiger partial charge in [-0.2, -0.15) is 0 Å². The van der Waals surface area contributed by atoms with Gasteiger partial charge in [0.15, 0.2) is 5.78 Å². The molecule has 0 heterocycles. The van der Waals surface area contributed by atoms with E-state index < -0.39 is 0 Å². The van der Waals surface area contributed by atoms with Gasteiger partial charge in [0, 0.05) is 12.0 Å². The predicted octanol–water partition coefficient (Wildman–Crippen LogP) is 2.81. The van der Waals surface area contributed by atoms with E-state index in [-0.39, 0.29) is 11.7 Å². The molecule has 0 amide bonds. The van der Waals surface area contributed by atoms with Crippen LogP contribution in [0.1, 0.15) is 42.6 Å². The summed E-state index contributed by atoms with van der Waals surface area (Å²) in [5.41, 5.74) is 7.61. The second kappa shape index (κ2) is 6.44. The molecule has 1 aromatic rings. The SMILES string of the molecule is CCCc1ccc(C(=O)CC(C)CN)cc1. The molecule has 0 radical (unpaired) electrons. The molecule has 0 saturated carbocycles. The van der Waals surface area contributed by atoms with Crippen molar-refractivity contribution in [2.45, 2.75) is 33.1 Å². The Morgan fingerprint density at radius 2 is 1.94 bits per heavy atom. The van der Waals surface area contributed by atoms with Crippen molar-refractivity contribution in [3.63, 3.8) is 0 Å². The summed E-state index contributed by atoms with van der Waals surface area (Å²) in [6.07, 6.45) is 2.76. The molecule has 2 heteroatoms. The molecule has 0 aliphatic heterocycles. The third-order valence-corrected chi connectivity index (χ3v) is 2.75. The highest BCUT2D eigenvalue weighted by Crippen LogP contribution is 2.11. The molecular weight excluding hydrogens is 198 g/mol. The maximum atomic E-state index is 11.8. The predicted molar refractivity (Wildman–Crippen MR) is 67.6 cm³/mol. The fourth-order valence-corrected chi connectivity index (χ4v) is 1.66. The summed E-state index contributed by atoms with van der Waals surface area (Å²) >= 11 is 0. The van der Waals surface area contributed by atoms with Crippen LogP contribution in [0, 0.1) is 5.92 Å². The molecule has 0 saturated heterocycles. The molecule has 0 spiro atoms. The van der Waals surface area contributed by atoms with Gasteiger partial charge in [-0.15, -0.1) is 0 Å². The smallest absolute Gasteiger partial charge is 0.163 e. The minimum atomic E-state index is 0.195. The van der Waals surface area contributed by atoms with Gasteiger partial charge in [-0.3, -0.25) is 4.79 Å². The Labute approximate surface area is 97.9 Å². The monoisotopic (exact) mass is 219 g/mol. The van der Waals surface area contributed by atoms with Gasteiger partial charge in [0.1, 0.15) is 0 Å². The lowest BCUT2D eigenvalue weighted by Gasteiger charge is -2.07. The first kappa shape index (κ1) is 12.9. The molecule has 0 bridgehead atoms. The second-order valence-electron chi connectivity index (χ2n) is 4.42. The van der Waals surface area contributed by atoms with Crippen LogP contribution >= 0.6 is 0 Å². The molecule has 1 atom stereocenters. The Morgan fingerprint density at radius 1 is 1.31 bits per heavy atom. The lowest BCUT2D eigenvalue weighted by atomic mass is 9.98. The normalized spacial score (nSPS) is 12.4. The van der Waals surface area contributed by atoms with Gasteiger partial charge >= 0.3 is 0 Å². The van der Waals surface area contributed by atoms with E-state index in [1.807, 2.05) is 31.2 Å². The van der Waals surface area contributed by atoms with Crippen molar-refractivity contribution in [2.24, 2.45) is 11.7 Å². The first-order chi connectivity index (χ1) is 7.67. The summed E-state index contributed by atoms with van der Waals surface area (Å²) < 4.78 is 0. The maximum absolute atomic E-state index is 11.8. The van der Waals surface area contributed by atoms with Crippen LogP contribution in [0.15, 0.2) is 24.3 Å². The summed E-state index contributed by atoms with van der Waals surface area (Å²) in [6, 6.07) is 7.95. The van der Waals surface area contributed by atoms with Crippen molar-refractivity contribution in [1.29, 1.82) is 0 Å². The van der Waals surface area contributed by atoms with Crippen molar-refractivity contribution in [2.75, 3.05) is 6.54 Å². The van der Waals surface area contributed by atoms with Gasteiger partial charge in [0.05, 0.1) is 0 Å². The van der Waals surface area contributed by atoms with Crippen LogP contribution in [0.25, 0.3) is 0 Å². The molecule has 0 aliphatic rings. The topological polar surface area (TPSA) is 43.1 Å². The van der Waals surface area contributed by atoms with Crippen LogP contribution < -0.4 is 5.73 Å². The van der Waals surface area contributed by atoms with Crippen molar-refractivity contribution in [3.05, 3.63) is 35.4 Å². The van der Waals surface area contributed by atoms with Gasteiger partial charge in [0.2, 0.25) is 0 Å². The van der Waals surface area contributed by atoms with Gasteiger partial charge < -0.3 is 5.73 Å². The van der Waals surface area contributed by atoms with Crippen LogP contribution in [0.5, 0.6) is 0 Å². The van der Waals surface area contributed by atoms with Crippen LogP contribution in [-0.2, 0) is 6.42 Å². The van der Waals surface area contributed by atoms with E-state index in [4.69, 9.17) is 5.73 Å². The average molecular weight is 219 g/mol.